The van der Waals surface area contributed by atoms with Crippen molar-refractivity contribution >= 4 is 11.8 Å². The lowest BCUT2D eigenvalue weighted by Gasteiger charge is -2.31. The molecule has 1 rings (SSSR count). The molecule has 0 saturated carbocycles. The van der Waals surface area contributed by atoms with E-state index >= 15 is 0 Å². The van der Waals surface area contributed by atoms with Crippen LogP contribution in [-0.2, 0) is 4.74 Å². The van der Waals surface area contributed by atoms with Gasteiger partial charge in [-0.05, 0) is 18.4 Å². The number of carbonyl (C=O) groups is 2. The van der Waals surface area contributed by atoms with Crippen LogP contribution < -0.4 is 0 Å². The van der Waals surface area contributed by atoms with E-state index in [9.17, 15) is 9.59 Å². The van der Waals surface area contributed by atoms with E-state index in [1.165, 1.54) is 7.11 Å². The summed E-state index contributed by atoms with van der Waals surface area (Å²) in [4.78, 5) is 24.5. The first-order valence-corrected chi connectivity index (χ1v) is 6.60. The Balaban J connectivity index is 3.31. The molecular formula is C16H22O3. The second kappa shape index (κ2) is 6.00. The molecule has 0 heterocycles. The molecule has 0 aliphatic heterocycles. The first-order valence-electron chi connectivity index (χ1n) is 6.60. The first-order chi connectivity index (χ1) is 8.88. The Bertz CT molecular complexity index is 477. The molecule has 19 heavy (non-hydrogen) atoms. The average molecular weight is 262 g/mol. The summed E-state index contributed by atoms with van der Waals surface area (Å²) in [6, 6.07) is 6.85. The summed E-state index contributed by atoms with van der Waals surface area (Å²) in [6.07, 6.45) is 0.735. The summed E-state index contributed by atoms with van der Waals surface area (Å²) in [5.74, 6) is -0.257. The second-order valence-electron chi connectivity index (χ2n) is 5.29. The normalized spacial score (nSPS) is 14.0. The van der Waals surface area contributed by atoms with Crippen LogP contribution in [0.3, 0.4) is 0 Å². The molecule has 1 aromatic rings. The lowest BCUT2D eigenvalue weighted by molar-refractivity contribution is 0.0588. The fourth-order valence-corrected chi connectivity index (χ4v) is 2.11. The maximum atomic E-state index is 12.8. The van der Waals surface area contributed by atoms with Crippen LogP contribution in [0.25, 0.3) is 0 Å². The minimum absolute atomic E-state index is 0.00556. The highest BCUT2D eigenvalue weighted by atomic mass is 16.5. The fraction of sp³-hybridized carbons (Fsp3) is 0.500. The molecule has 3 heteroatoms. The van der Waals surface area contributed by atoms with Gasteiger partial charge in [0.15, 0.2) is 5.78 Å². The van der Waals surface area contributed by atoms with Crippen LogP contribution in [0.5, 0.6) is 0 Å². The van der Waals surface area contributed by atoms with Crippen molar-refractivity contribution in [3.05, 3.63) is 35.4 Å². The van der Waals surface area contributed by atoms with Crippen molar-refractivity contribution in [1.82, 2.24) is 0 Å². The maximum absolute atomic E-state index is 12.8. The van der Waals surface area contributed by atoms with Gasteiger partial charge in [0, 0.05) is 11.0 Å². The fourth-order valence-electron chi connectivity index (χ4n) is 2.11. The highest BCUT2D eigenvalue weighted by Gasteiger charge is 2.36. The third-order valence-corrected chi connectivity index (χ3v) is 4.10. The maximum Gasteiger partial charge on any atom is 0.338 e. The van der Waals surface area contributed by atoms with Crippen molar-refractivity contribution in [2.75, 3.05) is 7.11 Å². The quantitative estimate of drug-likeness (QED) is 0.600. The molecule has 3 nitrogen and oxygen atoms in total. The molecule has 0 aromatic heterocycles. The van der Waals surface area contributed by atoms with Crippen LogP contribution in [0.2, 0.25) is 0 Å². The number of esters is 1. The zero-order chi connectivity index (χ0) is 14.6. The minimum Gasteiger partial charge on any atom is -0.465 e. The number of hydrogen-bond donors (Lipinski definition) is 0. The number of rotatable bonds is 5. The molecule has 1 aromatic carbocycles. The van der Waals surface area contributed by atoms with Crippen LogP contribution >= 0.6 is 0 Å². The summed E-state index contributed by atoms with van der Waals surface area (Å²) >= 11 is 0. The van der Waals surface area contributed by atoms with Gasteiger partial charge in [0.1, 0.15) is 0 Å². The van der Waals surface area contributed by atoms with Crippen LogP contribution in [-0.4, -0.2) is 18.9 Å². The van der Waals surface area contributed by atoms with E-state index in [1.54, 1.807) is 24.3 Å². The molecule has 0 spiro atoms. The van der Waals surface area contributed by atoms with Crippen LogP contribution in [0.1, 0.15) is 54.8 Å². The van der Waals surface area contributed by atoms with E-state index in [2.05, 4.69) is 0 Å². The number of ketones is 1. The summed E-state index contributed by atoms with van der Waals surface area (Å²) in [6.45, 7) is 8.01. The van der Waals surface area contributed by atoms with Crippen molar-refractivity contribution in [3.63, 3.8) is 0 Å². The lowest BCUT2D eigenvalue weighted by Crippen LogP contribution is -2.33. The predicted octanol–water partition coefficient (Wildman–Crippen LogP) is 3.73. The van der Waals surface area contributed by atoms with Gasteiger partial charge in [-0.2, -0.15) is 0 Å². The standard InChI is InChI=1S/C16H22O3/c1-6-16(4,11(2)3)14(17)12-9-7-8-10-13(12)15(18)19-5/h7-11H,6H2,1-5H3. The monoisotopic (exact) mass is 262 g/mol. The van der Waals surface area contributed by atoms with Crippen LogP contribution in [0.4, 0.5) is 0 Å². The van der Waals surface area contributed by atoms with Crippen LogP contribution in [0, 0.1) is 11.3 Å². The number of ether oxygens (including phenoxy) is 1. The minimum atomic E-state index is -0.468. The predicted molar refractivity (Wildman–Crippen MR) is 75.3 cm³/mol. The molecule has 0 aliphatic carbocycles. The summed E-state index contributed by atoms with van der Waals surface area (Å²) in [7, 11) is 1.32. The summed E-state index contributed by atoms with van der Waals surface area (Å²) in [5, 5.41) is 0. The van der Waals surface area contributed by atoms with Gasteiger partial charge >= 0.3 is 5.97 Å². The van der Waals surface area contributed by atoms with Crippen molar-refractivity contribution < 1.29 is 14.3 Å². The molecule has 0 radical (unpaired) electrons. The molecule has 104 valence electrons. The van der Waals surface area contributed by atoms with Crippen molar-refractivity contribution in [3.8, 4) is 0 Å². The topological polar surface area (TPSA) is 43.4 Å². The molecule has 1 unspecified atom stereocenters. The zero-order valence-corrected chi connectivity index (χ0v) is 12.3. The average Bonchev–Trinajstić information content (AvgIpc) is 2.44. The van der Waals surface area contributed by atoms with E-state index in [0.29, 0.717) is 11.1 Å². The Morgan fingerprint density at radius 1 is 1.21 bits per heavy atom. The zero-order valence-electron chi connectivity index (χ0n) is 12.3. The Morgan fingerprint density at radius 2 is 1.74 bits per heavy atom. The van der Waals surface area contributed by atoms with Crippen LogP contribution in [0.15, 0.2) is 24.3 Å². The SMILES string of the molecule is CCC(C)(C(=O)c1ccccc1C(=O)OC)C(C)C. The molecule has 0 fully saturated rings. The highest BCUT2D eigenvalue weighted by Crippen LogP contribution is 2.35. The smallest absolute Gasteiger partial charge is 0.338 e. The molecule has 0 aliphatic rings. The number of Topliss-reactive ketones (excluding diaryl/α,β-unsaturated/α-hetero) is 1. The third-order valence-electron chi connectivity index (χ3n) is 4.10. The van der Waals surface area contributed by atoms with E-state index in [0.717, 1.165) is 6.42 Å². The molecular weight excluding hydrogens is 240 g/mol. The van der Waals surface area contributed by atoms with Gasteiger partial charge in [0.25, 0.3) is 0 Å². The summed E-state index contributed by atoms with van der Waals surface area (Å²) in [5.41, 5.74) is 0.326. The number of carbonyl (C=O) groups excluding carboxylic acids is 2. The van der Waals surface area contributed by atoms with E-state index in [4.69, 9.17) is 4.74 Å². The third kappa shape index (κ3) is 2.86. The van der Waals surface area contributed by atoms with Gasteiger partial charge in [-0.3, -0.25) is 4.79 Å². The van der Waals surface area contributed by atoms with Crippen molar-refractivity contribution in [2.45, 2.75) is 34.1 Å². The number of methoxy groups -OCH3 is 1. The van der Waals surface area contributed by atoms with Crippen molar-refractivity contribution in [2.24, 2.45) is 11.3 Å². The molecule has 0 saturated heterocycles. The molecule has 0 bridgehead atoms. The van der Waals surface area contributed by atoms with Gasteiger partial charge in [0.2, 0.25) is 0 Å². The van der Waals surface area contributed by atoms with E-state index in [-0.39, 0.29) is 11.7 Å². The lowest BCUT2D eigenvalue weighted by atomic mass is 9.71. The van der Waals surface area contributed by atoms with E-state index < -0.39 is 11.4 Å². The number of benzene rings is 1. The van der Waals surface area contributed by atoms with Gasteiger partial charge in [-0.1, -0.05) is 45.9 Å². The summed E-state index contributed by atoms with van der Waals surface area (Å²) < 4.78 is 4.74. The van der Waals surface area contributed by atoms with Gasteiger partial charge in [0.05, 0.1) is 12.7 Å². The van der Waals surface area contributed by atoms with Gasteiger partial charge < -0.3 is 4.74 Å². The second-order valence-corrected chi connectivity index (χ2v) is 5.29. The van der Waals surface area contributed by atoms with Crippen molar-refractivity contribution in [1.29, 1.82) is 0 Å². The van der Waals surface area contributed by atoms with E-state index in [1.807, 2.05) is 27.7 Å². The number of hydrogen-bond acceptors (Lipinski definition) is 3. The Morgan fingerprint density at radius 3 is 2.16 bits per heavy atom. The molecule has 0 amide bonds. The molecule has 1 atom stereocenters. The Hall–Kier alpha value is -1.64. The van der Waals surface area contributed by atoms with Gasteiger partial charge in [-0.25, -0.2) is 4.79 Å². The Labute approximate surface area is 115 Å². The molecule has 0 N–H and O–H groups in total. The largest absolute Gasteiger partial charge is 0.465 e. The first kappa shape index (κ1) is 15.4. The Kier molecular flexibility index (Phi) is 4.87. The highest BCUT2D eigenvalue weighted by molar-refractivity contribution is 6.08. The van der Waals surface area contributed by atoms with Gasteiger partial charge in [-0.15, -0.1) is 0 Å².